The molecular weight excluding hydrogens is 261 g/mol. The van der Waals surface area contributed by atoms with Crippen molar-refractivity contribution < 1.29 is 19.0 Å². The molecular formula is C15H20FNO3. The predicted octanol–water partition coefficient (Wildman–Crippen LogP) is 2.12. The van der Waals surface area contributed by atoms with E-state index >= 15 is 0 Å². The fourth-order valence-electron chi connectivity index (χ4n) is 2.63. The summed E-state index contributed by atoms with van der Waals surface area (Å²) in [6.45, 7) is 0.359. The van der Waals surface area contributed by atoms with E-state index in [2.05, 4.69) is 5.32 Å². The average molecular weight is 281 g/mol. The summed E-state index contributed by atoms with van der Waals surface area (Å²) in [5, 5.41) is 12.6. The number of amides is 1. The van der Waals surface area contributed by atoms with E-state index in [-0.39, 0.29) is 23.3 Å². The average Bonchev–Trinajstić information content (AvgIpc) is 2.45. The van der Waals surface area contributed by atoms with Gasteiger partial charge >= 0.3 is 0 Å². The smallest absolute Gasteiger partial charge is 0.258 e. The van der Waals surface area contributed by atoms with E-state index < -0.39 is 11.7 Å². The Kier molecular flexibility index (Phi) is 4.95. The fraction of sp³-hybridized carbons (Fsp3) is 0.533. The number of hydrogen-bond donors (Lipinski definition) is 2. The molecule has 2 rings (SSSR count). The number of hydrogen-bond acceptors (Lipinski definition) is 3. The van der Waals surface area contributed by atoms with Crippen LogP contribution >= 0.6 is 0 Å². The molecule has 4 nitrogen and oxygen atoms in total. The Hall–Kier alpha value is -1.62. The molecule has 20 heavy (non-hydrogen) atoms. The summed E-state index contributed by atoms with van der Waals surface area (Å²) >= 11 is 0. The normalized spacial score (nSPS) is 22.4. The molecule has 1 amide bonds. The van der Waals surface area contributed by atoms with Gasteiger partial charge in [0.15, 0.2) is 0 Å². The van der Waals surface area contributed by atoms with Crippen molar-refractivity contribution in [2.75, 3.05) is 13.7 Å². The van der Waals surface area contributed by atoms with Gasteiger partial charge in [-0.05, 0) is 25.0 Å². The topological polar surface area (TPSA) is 58.6 Å². The molecule has 2 unspecified atom stereocenters. The van der Waals surface area contributed by atoms with Gasteiger partial charge < -0.3 is 15.2 Å². The minimum absolute atomic E-state index is 0.0467. The largest absolute Gasteiger partial charge is 0.496 e. The van der Waals surface area contributed by atoms with Crippen molar-refractivity contribution in [3.05, 3.63) is 29.6 Å². The number of halogens is 1. The first-order valence-electron chi connectivity index (χ1n) is 6.92. The summed E-state index contributed by atoms with van der Waals surface area (Å²) in [6.07, 6.45) is 3.35. The highest BCUT2D eigenvalue weighted by Crippen LogP contribution is 2.24. The van der Waals surface area contributed by atoms with Gasteiger partial charge in [-0.25, -0.2) is 4.39 Å². The van der Waals surface area contributed by atoms with Crippen molar-refractivity contribution in [3.63, 3.8) is 0 Å². The van der Waals surface area contributed by atoms with Crippen LogP contribution in [-0.4, -0.2) is 30.8 Å². The van der Waals surface area contributed by atoms with Crippen molar-refractivity contribution in [1.82, 2.24) is 5.32 Å². The van der Waals surface area contributed by atoms with Crippen LogP contribution in [0.5, 0.6) is 5.75 Å². The molecule has 5 heteroatoms. The lowest BCUT2D eigenvalue weighted by atomic mass is 9.86. The van der Waals surface area contributed by atoms with Gasteiger partial charge in [-0.1, -0.05) is 18.9 Å². The lowest BCUT2D eigenvalue weighted by Crippen LogP contribution is -2.37. The molecule has 0 aromatic heterocycles. The van der Waals surface area contributed by atoms with Crippen LogP contribution in [0.15, 0.2) is 18.2 Å². The molecule has 0 spiro atoms. The Labute approximate surface area is 117 Å². The van der Waals surface area contributed by atoms with Gasteiger partial charge in [-0.15, -0.1) is 0 Å². The molecule has 2 atom stereocenters. The summed E-state index contributed by atoms with van der Waals surface area (Å²) in [6, 6.07) is 4.27. The maximum absolute atomic E-state index is 13.7. The maximum Gasteiger partial charge on any atom is 0.258 e. The standard InChI is InChI=1S/C15H20FNO3/c1-20-13-8-4-6-11(16)14(13)15(19)17-9-10-5-2-3-7-12(10)18/h4,6,8,10,12,18H,2-3,5,7,9H2,1H3,(H,17,19). The molecule has 0 radical (unpaired) electrons. The highest BCUT2D eigenvalue weighted by Gasteiger charge is 2.24. The second-order valence-corrected chi connectivity index (χ2v) is 5.14. The molecule has 110 valence electrons. The van der Waals surface area contributed by atoms with Gasteiger partial charge in [-0.3, -0.25) is 4.79 Å². The van der Waals surface area contributed by atoms with E-state index in [1.54, 1.807) is 6.07 Å². The van der Waals surface area contributed by atoms with Crippen LogP contribution in [0.3, 0.4) is 0 Å². The molecule has 1 aromatic rings. The zero-order valence-corrected chi connectivity index (χ0v) is 11.6. The molecule has 1 aliphatic rings. The minimum atomic E-state index is -0.606. The molecule has 1 aromatic carbocycles. The Bertz CT molecular complexity index is 478. The van der Waals surface area contributed by atoms with Crippen molar-refractivity contribution in [1.29, 1.82) is 0 Å². The van der Waals surface area contributed by atoms with Crippen molar-refractivity contribution in [3.8, 4) is 5.75 Å². The van der Waals surface area contributed by atoms with Crippen LogP contribution in [-0.2, 0) is 0 Å². The van der Waals surface area contributed by atoms with Gasteiger partial charge in [0.25, 0.3) is 5.91 Å². The van der Waals surface area contributed by atoms with E-state index in [4.69, 9.17) is 4.74 Å². The second-order valence-electron chi connectivity index (χ2n) is 5.14. The number of nitrogens with one attached hydrogen (secondary N) is 1. The summed E-state index contributed by atoms with van der Waals surface area (Å²) < 4.78 is 18.7. The highest BCUT2D eigenvalue weighted by atomic mass is 19.1. The van der Waals surface area contributed by atoms with Gasteiger partial charge in [0.2, 0.25) is 0 Å². The van der Waals surface area contributed by atoms with Crippen LogP contribution in [0.1, 0.15) is 36.0 Å². The fourth-order valence-corrected chi connectivity index (χ4v) is 2.63. The van der Waals surface area contributed by atoms with Gasteiger partial charge in [-0.2, -0.15) is 0 Å². The third-order valence-electron chi connectivity index (χ3n) is 3.82. The number of aliphatic hydroxyl groups is 1. The lowest BCUT2D eigenvalue weighted by molar-refractivity contribution is 0.0661. The first-order chi connectivity index (χ1) is 9.63. The van der Waals surface area contributed by atoms with Crippen molar-refractivity contribution >= 4 is 5.91 Å². The highest BCUT2D eigenvalue weighted by molar-refractivity contribution is 5.97. The first-order valence-corrected chi connectivity index (χ1v) is 6.92. The first kappa shape index (κ1) is 14.8. The predicted molar refractivity (Wildman–Crippen MR) is 73.3 cm³/mol. The van der Waals surface area contributed by atoms with Gasteiger partial charge in [0.05, 0.1) is 13.2 Å². The van der Waals surface area contributed by atoms with Crippen LogP contribution in [0.2, 0.25) is 0 Å². The van der Waals surface area contributed by atoms with E-state index in [1.807, 2.05) is 0 Å². The van der Waals surface area contributed by atoms with Crippen LogP contribution in [0.25, 0.3) is 0 Å². The quantitative estimate of drug-likeness (QED) is 0.888. The summed E-state index contributed by atoms with van der Waals surface area (Å²) in [7, 11) is 1.40. The van der Waals surface area contributed by atoms with Crippen molar-refractivity contribution in [2.45, 2.75) is 31.8 Å². The molecule has 0 heterocycles. The van der Waals surface area contributed by atoms with E-state index in [9.17, 15) is 14.3 Å². The number of aliphatic hydroxyl groups excluding tert-OH is 1. The third-order valence-corrected chi connectivity index (χ3v) is 3.82. The SMILES string of the molecule is COc1cccc(F)c1C(=O)NCC1CCCCC1O. The minimum Gasteiger partial charge on any atom is -0.496 e. The molecule has 1 fully saturated rings. The van der Waals surface area contributed by atoms with Gasteiger partial charge in [0.1, 0.15) is 17.1 Å². The van der Waals surface area contributed by atoms with Crippen molar-refractivity contribution in [2.24, 2.45) is 5.92 Å². The second kappa shape index (κ2) is 6.70. The lowest BCUT2D eigenvalue weighted by Gasteiger charge is -2.27. The van der Waals surface area contributed by atoms with Gasteiger partial charge in [0, 0.05) is 12.5 Å². The molecule has 0 aliphatic heterocycles. The number of rotatable bonds is 4. The molecule has 2 N–H and O–H groups in total. The maximum atomic E-state index is 13.7. The molecule has 0 saturated heterocycles. The zero-order chi connectivity index (χ0) is 14.5. The number of ether oxygens (including phenoxy) is 1. The molecule has 1 aliphatic carbocycles. The molecule has 1 saturated carbocycles. The van der Waals surface area contributed by atoms with E-state index in [0.717, 1.165) is 25.7 Å². The number of methoxy groups -OCH3 is 1. The Morgan fingerprint density at radius 2 is 2.20 bits per heavy atom. The zero-order valence-electron chi connectivity index (χ0n) is 11.6. The third kappa shape index (κ3) is 3.28. The summed E-state index contributed by atoms with van der Waals surface area (Å²) in [4.78, 5) is 12.1. The number of benzene rings is 1. The Balaban J connectivity index is 2.01. The summed E-state index contributed by atoms with van der Waals surface area (Å²) in [5.41, 5.74) is -0.0831. The van der Waals surface area contributed by atoms with E-state index in [1.165, 1.54) is 19.2 Å². The number of carbonyl (C=O) groups is 1. The van der Waals surface area contributed by atoms with Crippen LogP contribution < -0.4 is 10.1 Å². The van der Waals surface area contributed by atoms with Crippen LogP contribution in [0.4, 0.5) is 4.39 Å². The molecule has 0 bridgehead atoms. The Morgan fingerprint density at radius 3 is 2.90 bits per heavy atom. The number of carbonyl (C=O) groups excluding carboxylic acids is 1. The Morgan fingerprint density at radius 1 is 1.45 bits per heavy atom. The monoisotopic (exact) mass is 281 g/mol. The van der Waals surface area contributed by atoms with Crippen LogP contribution in [0, 0.1) is 11.7 Å². The van der Waals surface area contributed by atoms with E-state index in [0.29, 0.717) is 6.54 Å². The summed E-state index contributed by atoms with van der Waals surface area (Å²) in [5.74, 6) is -0.846.